The molecule has 4 rings (SSSR count). The number of carbonyl (C=O) groups excluding carboxylic acids is 2. The Morgan fingerprint density at radius 3 is 2.67 bits per heavy atom. The average Bonchev–Trinajstić information content (AvgIpc) is 3.03. The molecule has 2 aliphatic carbocycles. The second-order valence-corrected chi connectivity index (χ2v) is 9.59. The Labute approximate surface area is 194 Å². The van der Waals surface area contributed by atoms with Crippen LogP contribution in [0.4, 0.5) is 0 Å². The van der Waals surface area contributed by atoms with Crippen LogP contribution in [0.2, 0.25) is 0 Å². The zero-order valence-corrected chi connectivity index (χ0v) is 19.8. The number of methoxy groups -OCH3 is 2. The molecule has 2 unspecified atom stereocenters. The first-order chi connectivity index (χ1) is 15.6. The van der Waals surface area contributed by atoms with Gasteiger partial charge in [-0.2, -0.15) is 0 Å². The Morgan fingerprint density at radius 2 is 1.97 bits per heavy atom. The molecule has 2 fully saturated rings. The summed E-state index contributed by atoms with van der Waals surface area (Å²) in [7, 11) is 3.14. The smallest absolute Gasteiger partial charge is 0.331 e. The largest absolute Gasteiger partial charge is 0.497 e. The number of esters is 2. The molecule has 33 heavy (non-hydrogen) atoms. The zero-order valence-electron chi connectivity index (χ0n) is 19.8. The maximum absolute atomic E-state index is 12.7. The van der Waals surface area contributed by atoms with E-state index >= 15 is 0 Å². The molecule has 7 heteroatoms. The molecule has 3 aliphatic rings. The van der Waals surface area contributed by atoms with E-state index in [9.17, 15) is 14.7 Å². The predicted molar refractivity (Wildman–Crippen MR) is 122 cm³/mol. The van der Waals surface area contributed by atoms with E-state index in [1.807, 2.05) is 6.92 Å². The molecular weight excluding hydrogens is 424 g/mol. The molecule has 0 spiro atoms. The van der Waals surface area contributed by atoms with Crippen molar-refractivity contribution >= 4 is 18.0 Å². The van der Waals surface area contributed by atoms with E-state index in [1.165, 1.54) is 6.08 Å². The molecular formula is C26H32O7. The van der Waals surface area contributed by atoms with Crippen LogP contribution in [0.15, 0.2) is 35.4 Å². The zero-order chi connectivity index (χ0) is 24.0. The van der Waals surface area contributed by atoms with Gasteiger partial charge in [0.25, 0.3) is 0 Å². The van der Waals surface area contributed by atoms with E-state index in [2.05, 4.69) is 6.92 Å². The third-order valence-electron chi connectivity index (χ3n) is 7.74. The number of hydrogen-bond donors (Lipinski definition) is 1. The van der Waals surface area contributed by atoms with Crippen molar-refractivity contribution in [2.75, 3.05) is 14.2 Å². The molecule has 0 amide bonds. The van der Waals surface area contributed by atoms with Crippen LogP contribution < -0.4 is 9.47 Å². The predicted octanol–water partition coefficient (Wildman–Crippen LogP) is 3.83. The summed E-state index contributed by atoms with van der Waals surface area (Å²) in [4.78, 5) is 25.0. The number of rotatable bonds is 5. The van der Waals surface area contributed by atoms with Crippen molar-refractivity contribution in [3.05, 3.63) is 41.0 Å². The van der Waals surface area contributed by atoms with E-state index in [1.54, 1.807) is 45.4 Å². The number of fused-ring (bicyclic) bond motifs is 3. The van der Waals surface area contributed by atoms with Gasteiger partial charge in [0, 0.05) is 11.6 Å². The van der Waals surface area contributed by atoms with Gasteiger partial charge in [0.2, 0.25) is 0 Å². The highest BCUT2D eigenvalue weighted by Crippen LogP contribution is 2.57. The lowest BCUT2D eigenvalue weighted by Gasteiger charge is -2.50. The lowest BCUT2D eigenvalue weighted by atomic mass is 9.57. The van der Waals surface area contributed by atoms with E-state index in [0.717, 1.165) is 24.0 Å². The fourth-order valence-electron chi connectivity index (χ4n) is 5.57. The summed E-state index contributed by atoms with van der Waals surface area (Å²) in [6.07, 6.45) is 4.66. The molecule has 1 heterocycles. The number of aliphatic hydroxyl groups is 1. The third kappa shape index (κ3) is 3.92. The maximum atomic E-state index is 12.7. The van der Waals surface area contributed by atoms with Crippen molar-refractivity contribution in [2.24, 2.45) is 11.3 Å². The van der Waals surface area contributed by atoms with Crippen LogP contribution in [-0.4, -0.2) is 49.1 Å². The highest BCUT2D eigenvalue weighted by Gasteiger charge is 2.62. The molecule has 178 valence electrons. The lowest BCUT2D eigenvalue weighted by molar-refractivity contribution is -0.146. The van der Waals surface area contributed by atoms with Gasteiger partial charge in [0.15, 0.2) is 6.10 Å². The molecule has 0 aromatic heterocycles. The first-order valence-electron chi connectivity index (χ1n) is 11.4. The summed E-state index contributed by atoms with van der Waals surface area (Å²) in [6, 6.07) is 5.33. The molecule has 7 nitrogen and oxygen atoms in total. The number of hydrogen-bond acceptors (Lipinski definition) is 7. The van der Waals surface area contributed by atoms with E-state index < -0.39 is 29.7 Å². The second kappa shape index (κ2) is 8.52. The second-order valence-electron chi connectivity index (χ2n) is 9.59. The van der Waals surface area contributed by atoms with Crippen molar-refractivity contribution in [1.29, 1.82) is 0 Å². The molecule has 1 aliphatic heterocycles. The highest BCUT2D eigenvalue weighted by atomic mass is 16.6. The monoisotopic (exact) mass is 456 g/mol. The summed E-state index contributed by atoms with van der Waals surface area (Å²) in [5.41, 5.74) is 1.09. The third-order valence-corrected chi connectivity index (χ3v) is 7.74. The Hall–Kier alpha value is -2.80. The van der Waals surface area contributed by atoms with Crippen LogP contribution in [0.3, 0.4) is 0 Å². The van der Waals surface area contributed by atoms with Crippen molar-refractivity contribution in [3.8, 4) is 11.5 Å². The Balaban J connectivity index is 1.56. The molecule has 0 radical (unpaired) electrons. The average molecular weight is 457 g/mol. The van der Waals surface area contributed by atoms with Crippen LogP contribution in [0, 0.1) is 11.3 Å². The Bertz CT molecular complexity index is 1030. The first-order valence-corrected chi connectivity index (χ1v) is 11.4. The number of benzene rings is 1. The molecule has 1 N–H and O–H groups in total. The molecule has 5 atom stereocenters. The summed E-state index contributed by atoms with van der Waals surface area (Å²) in [5, 5.41) is 11.3. The topological polar surface area (TPSA) is 91.3 Å². The molecule has 0 bridgehead atoms. The van der Waals surface area contributed by atoms with Crippen molar-refractivity contribution in [1.82, 2.24) is 0 Å². The minimum atomic E-state index is -1.21. The van der Waals surface area contributed by atoms with Crippen LogP contribution >= 0.6 is 0 Å². The van der Waals surface area contributed by atoms with Crippen LogP contribution in [0.5, 0.6) is 11.5 Å². The summed E-state index contributed by atoms with van der Waals surface area (Å²) in [6.45, 7) is 5.79. The van der Waals surface area contributed by atoms with Gasteiger partial charge in [0.1, 0.15) is 23.2 Å². The number of ether oxygens (including phenoxy) is 4. The van der Waals surface area contributed by atoms with Gasteiger partial charge in [-0.15, -0.1) is 0 Å². The SMILES string of the molecule is COc1ccc(OC)c(/C=C/C(=O)OC2CC[C@]3(C)CC[C@@]4(O)C(C)C(=O)O[C@H]4C3=C2C)c1. The van der Waals surface area contributed by atoms with Gasteiger partial charge in [0.05, 0.1) is 20.1 Å². The van der Waals surface area contributed by atoms with Crippen molar-refractivity contribution in [3.63, 3.8) is 0 Å². The maximum Gasteiger partial charge on any atom is 0.331 e. The van der Waals surface area contributed by atoms with E-state index in [4.69, 9.17) is 18.9 Å². The summed E-state index contributed by atoms with van der Waals surface area (Å²) >= 11 is 0. The molecule has 1 aromatic rings. The van der Waals surface area contributed by atoms with Crippen LogP contribution in [0.25, 0.3) is 6.08 Å². The fraction of sp³-hybridized carbons (Fsp3) is 0.538. The summed E-state index contributed by atoms with van der Waals surface area (Å²) in [5.74, 6) is -0.153. The normalized spacial score (nSPS) is 33.4. The van der Waals surface area contributed by atoms with Crippen molar-refractivity contribution in [2.45, 2.75) is 64.3 Å². The summed E-state index contributed by atoms with van der Waals surface area (Å²) < 4.78 is 22.1. The Morgan fingerprint density at radius 1 is 1.21 bits per heavy atom. The molecule has 1 saturated carbocycles. The Kier molecular flexibility index (Phi) is 6.03. The van der Waals surface area contributed by atoms with Crippen LogP contribution in [-0.2, 0) is 19.1 Å². The van der Waals surface area contributed by atoms with Gasteiger partial charge in [-0.25, -0.2) is 4.79 Å². The quantitative estimate of drug-likeness (QED) is 0.409. The van der Waals surface area contributed by atoms with E-state index in [0.29, 0.717) is 29.9 Å². The fourth-order valence-corrected chi connectivity index (χ4v) is 5.57. The van der Waals surface area contributed by atoms with E-state index in [-0.39, 0.29) is 11.4 Å². The van der Waals surface area contributed by atoms with Gasteiger partial charge in [-0.3, -0.25) is 4.79 Å². The van der Waals surface area contributed by atoms with Crippen LogP contribution in [0.1, 0.15) is 52.0 Å². The molecule has 1 saturated heterocycles. The van der Waals surface area contributed by atoms with Gasteiger partial charge in [-0.1, -0.05) is 6.92 Å². The lowest BCUT2D eigenvalue weighted by Crippen LogP contribution is -2.53. The molecule has 1 aromatic carbocycles. The van der Waals surface area contributed by atoms with Gasteiger partial charge >= 0.3 is 11.9 Å². The standard InChI is InChI=1S/C26H32O7/c1-15-19(32-21(27)9-6-17-14-18(30-4)7-8-20(17)31-5)10-11-25(3)12-13-26(29)16(2)24(28)33-23(26)22(15)25/h6-9,14,16,19,23,29H,10-13H2,1-5H3/b9-6+/t16?,19?,23-,25+,26+/m0/s1. The van der Waals surface area contributed by atoms with Gasteiger partial charge in [-0.05, 0) is 80.4 Å². The van der Waals surface area contributed by atoms with Crippen molar-refractivity contribution < 1.29 is 33.6 Å². The highest BCUT2D eigenvalue weighted by molar-refractivity contribution is 5.88. The van der Waals surface area contributed by atoms with Gasteiger partial charge < -0.3 is 24.1 Å². The minimum absolute atomic E-state index is 0.183. The minimum Gasteiger partial charge on any atom is -0.497 e. The first kappa shape index (κ1) is 23.4. The number of carbonyl (C=O) groups is 2.